The van der Waals surface area contributed by atoms with Gasteiger partial charge in [-0.15, -0.1) is 24.8 Å². The summed E-state index contributed by atoms with van der Waals surface area (Å²) >= 11 is 0. The van der Waals surface area contributed by atoms with Crippen LogP contribution in [-0.4, -0.2) is 41.2 Å². The maximum atomic E-state index is 12.6. The molecular formula is C22H25Cl2N3O2. The first-order chi connectivity index (χ1) is 13.1. The molecule has 1 saturated heterocycles. The fourth-order valence-corrected chi connectivity index (χ4v) is 3.61. The molecule has 1 unspecified atom stereocenters. The van der Waals surface area contributed by atoms with Crippen molar-refractivity contribution in [3.05, 3.63) is 66.4 Å². The molecule has 29 heavy (non-hydrogen) atoms. The van der Waals surface area contributed by atoms with Gasteiger partial charge in [-0.25, -0.2) is 0 Å². The first kappa shape index (κ1) is 23.1. The summed E-state index contributed by atoms with van der Waals surface area (Å²) in [6.07, 6.45) is 3.39. The maximum Gasteiger partial charge on any atom is 0.251 e. The van der Waals surface area contributed by atoms with Crippen LogP contribution in [0.4, 0.5) is 0 Å². The summed E-state index contributed by atoms with van der Waals surface area (Å²) in [4.78, 5) is 17.1. The largest absolute Gasteiger partial charge is 0.387 e. The van der Waals surface area contributed by atoms with Gasteiger partial charge in [0.15, 0.2) is 0 Å². The predicted octanol–water partition coefficient (Wildman–Crippen LogP) is 3.59. The van der Waals surface area contributed by atoms with Crippen LogP contribution in [0.15, 0.2) is 60.8 Å². The third kappa shape index (κ3) is 5.25. The van der Waals surface area contributed by atoms with Crippen LogP contribution in [0.3, 0.4) is 0 Å². The highest BCUT2D eigenvalue weighted by Gasteiger charge is 2.29. The van der Waals surface area contributed by atoms with Crippen LogP contribution in [0.25, 0.3) is 22.0 Å². The van der Waals surface area contributed by atoms with E-state index in [1.165, 1.54) is 0 Å². The van der Waals surface area contributed by atoms with E-state index < -0.39 is 5.60 Å². The minimum absolute atomic E-state index is 0. The Hall–Kier alpha value is -2.18. The van der Waals surface area contributed by atoms with E-state index in [0.29, 0.717) is 18.5 Å². The average molecular weight is 434 g/mol. The van der Waals surface area contributed by atoms with Gasteiger partial charge >= 0.3 is 0 Å². The number of halogens is 2. The number of nitrogens with zero attached hydrogens (tertiary/aromatic N) is 1. The number of fused-ring (bicyclic) bond motifs is 1. The lowest BCUT2D eigenvalue weighted by Gasteiger charge is -2.32. The number of piperidine rings is 1. The normalized spacial score (nSPS) is 18.4. The first-order valence-corrected chi connectivity index (χ1v) is 9.30. The monoisotopic (exact) mass is 433 g/mol. The minimum Gasteiger partial charge on any atom is -0.387 e. The van der Waals surface area contributed by atoms with E-state index in [1.54, 1.807) is 12.3 Å². The van der Waals surface area contributed by atoms with Crippen molar-refractivity contribution in [2.75, 3.05) is 19.6 Å². The molecule has 2 aromatic carbocycles. The number of aromatic nitrogens is 1. The second-order valence-corrected chi connectivity index (χ2v) is 7.15. The van der Waals surface area contributed by atoms with E-state index in [2.05, 4.69) is 21.7 Å². The maximum absolute atomic E-state index is 12.6. The second-order valence-electron chi connectivity index (χ2n) is 7.15. The van der Waals surface area contributed by atoms with Crippen LogP contribution >= 0.6 is 24.8 Å². The van der Waals surface area contributed by atoms with Gasteiger partial charge in [-0.2, -0.15) is 0 Å². The van der Waals surface area contributed by atoms with Crippen LogP contribution in [0.1, 0.15) is 23.2 Å². The van der Waals surface area contributed by atoms with Gasteiger partial charge in [0.25, 0.3) is 5.91 Å². The van der Waals surface area contributed by atoms with Crippen LogP contribution in [0.2, 0.25) is 0 Å². The zero-order valence-corrected chi connectivity index (χ0v) is 17.6. The van der Waals surface area contributed by atoms with E-state index in [0.717, 1.165) is 35.0 Å². The van der Waals surface area contributed by atoms with Crippen molar-refractivity contribution in [1.29, 1.82) is 0 Å². The number of β-amino-alcohol motifs (C(OH)–C–C–N with tert-alkyl or cyclic N) is 1. The summed E-state index contributed by atoms with van der Waals surface area (Å²) in [6.45, 7) is 1.67. The molecule has 0 spiro atoms. The lowest BCUT2D eigenvalue weighted by molar-refractivity contribution is 0.0170. The van der Waals surface area contributed by atoms with Gasteiger partial charge in [0.2, 0.25) is 0 Å². The van der Waals surface area contributed by atoms with Crippen molar-refractivity contribution in [1.82, 2.24) is 15.6 Å². The molecule has 1 aromatic heterocycles. The van der Waals surface area contributed by atoms with Crippen molar-refractivity contribution in [3.63, 3.8) is 0 Å². The Balaban J connectivity index is 0.00000150. The highest BCUT2D eigenvalue weighted by molar-refractivity contribution is 5.98. The molecule has 154 valence electrons. The molecule has 1 fully saturated rings. The Bertz CT molecular complexity index is 970. The van der Waals surface area contributed by atoms with Crippen molar-refractivity contribution in [2.45, 2.75) is 18.4 Å². The highest BCUT2D eigenvalue weighted by Crippen LogP contribution is 2.27. The zero-order valence-electron chi connectivity index (χ0n) is 15.9. The summed E-state index contributed by atoms with van der Waals surface area (Å²) in [6, 6.07) is 17.5. The molecule has 0 bridgehead atoms. The number of hydrogen-bond donors (Lipinski definition) is 3. The number of rotatable bonds is 4. The van der Waals surface area contributed by atoms with Gasteiger partial charge < -0.3 is 15.7 Å². The molecule has 0 aliphatic carbocycles. The molecule has 7 heteroatoms. The quantitative estimate of drug-likeness (QED) is 0.587. The topological polar surface area (TPSA) is 74.2 Å². The van der Waals surface area contributed by atoms with E-state index in [4.69, 9.17) is 0 Å². The van der Waals surface area contributed by atoms with Gasteiger partial charge in [0.05, 0.1) is 11.3 Å². The number of carbonyl (C=O) groups is 1. The van der Waals surface area contributed by atoms with Gasteiger partial charge in [-0.05, 0) is 43.0 Å². The summed E-state index contributed by atoms with van der Waals surface area (Å²) in [5.41, 5.74) is 1.45. The summed E-state index contributed by atoms with van der Waals surface area (Å²) in [5.74, 6) is -0.184. The Morgan fingerprint density at radius 3 is 2.76 bits per heavy atom. The molecule has 1 aliphatic rings. The lowest BCUT2D eigenvalue weighted by atomic mass is 9.94. The number of benzene rings is 2. The average Bonchev–Trinajstić information content (AvgIpc) is 2.72. The van der Waals surface area contributed by atoms with Gasteiger partial charge in [0, 0.05) is 35.8 Å². The molecular weight excluding hydrogens is 409 g/mol. The van der Waals surface area contributed by atoms with E-state index in [-0.39, 0.29) is 37.3 Å². The molecule has 1 aliphatic heterocycles. The smallest absolute Gasteiger partial charge is 0.251 e. The number of nitrogens with one attached hydrogen (secondary N) is 2. The van der Waals surface area contributed by atoms with Gasteiger partial charge in [-0.1, -0.05) is 36.4 Å². The number of pyridine rings is 1. The first-order valence-electron chi connectivity index (χ1n) is 9.30. The van der Waals surface area contributed by atoms with Crippen LogP contribution in [-0.2, 0) is 0 Å². The second kappa shape index (κ2) is 10.0. The molecule has 2 heterocycles. The molecule has 5 nitrogen and oxygen atoms in total. The van der Waals surface area contributed by atoms with Crippen molar-refractivity contribution < 1.29 is 9.90 Å². The standard InChI is InChI=1S/C22H23N3O2.2ClH/c26-21(25-15-22(27)10-4-11-23-14-22)18-7-3-6-17(13-18)20-19-8-2-1-5-16(19)9-12-24-20;;/h1-3,5-9,12-13,23,27H,4,10-11,14-15H2,(H,25,26);2*1H. The molecule has 0 saturated carbocycles. The number of aliphatic hydroxyl groups is 1. The zero-order chi connectivity index (χ0) is 18.7. The molecule has 1 atom stereocenters. The van der Waals surface area contributed by atoms with Crippen LogP contribution < -0.4 is 10.6 Å². The molecule has 3 aromatic rings. The molecule has 3 N–H and O–H groups in total. The Kier molecular flexibility index (Phi) is 7.99. The molecule has 1 amide bonds. The fraction of sp³-hybridized carbons (Fsp3) is 0.273. The van der Waals surface area contributed by atoms with E-state index >= 15 is 0 Å². The predicted molar refractivity (Wildman–Crippen MR) is 121 cm³/mol. The van der Waals surface area contributed by atoms with Crippen LogP contribution in [0, 0.1) is 0 Å². The Morgan fingerprint density at radius 2 is 1.97 bits per heavy atom. The minimum atomic E-state index is -0.872. The van der Waals surface area contributed by atoms with Crippen molar-refractivity contribution in [3.8, 4) is 11.3 Å². The molecule has 4 rings (SSSR count). The van der Waals surface area contributed by atoms with E-state index in [9.17, 15) is 9.90 Å². The third-order valence-electron chi connectivity index (χ3n) is 5.10. The van der Waals surface area contributed by atoms with Gasteiger partial charge in [0.1, 0.15) is 0 Å². The summed E-state index contributed by atoms with van der Waals surface area (Å²) in [7, 11) is 0. The van der Waals surface area contributed by atoms with Crippen molar-refractivity contribution >= 4 is 41.5 Å². The highest BCUT2D eigenvalue weighted by atomic mass is 35.5. The summed E-state index contributed by atoms with van der Waals surface area (Å²) < 4.78 is 0. The number of hydrogen-bond acceptors (Lipinski definition) is 4. The number of amides is 1. The molecule has 0 radical (unpaired) electrons. The van der Waals surface area contributed by atoms with E-state index in [1.807, 2.05) is 42.5 Å². The Morgan fingerprint density at radius 1 is 1.14 bits per heavy atom. The van der Waals surface area contributed by atoms with Crippen molar-refractivity contribution in [2.24, 2.45) is 0 Å². The van der Waals surface area contributed by atoms with Gasteiger partial charge in [-0.3, -0.25) is 9.78 Å². The fourth-order valence-electron chi connectivity index (χ4n) is 3.61. The lowest BCUT2D eigenvalue weighted by Crippen LogP contribution is -2.52. The summed E-state index contributed by atoms with van der Waals surface area (Å²) in [5, 5.41) is 18.8. The SMILES string of the molecule is Cl.Cl.O=C(NCC1(O)CCCNC1)c1cccc(-c2nccc3ccccc23)c1. The third-order valence-corrected chi connectivity index (χ3v) is 5.10. The Labute approximate surface area is 182 Å². The van der Waals surface area contributed by atoms with Crippen LogP contribution in [0.5, 0.6) is 0 Å². The number of carbonyl (C=O) groups excluding carboxylic acids is 1.